The lowest BCUT2D eigenvalue weighted by Gasteiger charge is -2.43. The Morgan fingerprint density at radius 2 is 2.35 bits per heavy atom. The molecular formula is C13H17ClN2O4. The molecular weight excluding hydrogens is 284 g/mol. The molecule has 1 aliphatic rings. The summed E-state index contributed by atoms with van der Waals surface area (Å²) in [4.78, 5) is 16.9. The van der Waals surface area contributed by atoms with E-state index in [2.05, 4.69) is 4.98 Å². The molecule has 0 radical (unpaired) electrons. The van der Waals surface area contributed by atoms with Crippen molar-refractivity contribution < 1.29 is 19.7 Å². The Morgan fingerprint density at radius 3 is 2.90 bits per heavy atom. The van der Waals surface area contributed by atoms with Crippen LogP contribution in [0.1, 0.15) is 24.2 Å². The molecule has 2 rings (SSSR count). The number of carboxylic acid groups (broad SMARTS) is 1. The summed E-state index contributed by atoms with van der Waals surface area (Å²) < 4.78 is 5.72. The number of hydrogen-bond donors (Lipinski definition) is 2. The summed E-state index contributed by atoms with van der Waals surface area (Å²) in [6, 6.07) is 1.38. The number of aliphatic hydroxyl groups is 1. The molecule has 1 saturated heterocycles. The molecule has 110 valence electrons. The number of anilines is 1. The van der Waals surface area contributed by atoms with Crippen LogP contribution in [0.5, 0.6) is 0 Å². The number of hydrogen-bond acceptors (Lipinski definition) is 5. The highest BCUT2D eigenvalue weighted by Gasteiger charge is 2.34. The maximum atomic E-state index is 10.9. The van der Waals surface area contributed by atoms with Crippen LogP contribution in [-0.2, 0) is 4.74 Å². The minimum Gasteiger partial charge on any atom is -0.478 e. The molecule has 0 bridgehead atoms. The van der Waals surface area contributed by atoms with Crippen molar-refractivity contribution in [1.82, 2.24) is 4.98 Å². The first-order chi connectivity index (χ1) is 9.32. The van der Waals surface area contributed by atoms with Gasteiger partial charge < -0.3 is 19.8 Å². The predicted octanol–water partition coefficient (Wildman–Crippen LogP) is 1.41. The summed E-state index contributed by atoms with van der Waals surface area (Å²) in [5, 5.41) is 18.5. The number of carbonyl (C=O) groups is 1. The molecule has 2 N–H and O–H groups in total. The van der Waals surface area contributed by atoms with Gasteiger partial charge >= 0.3 is 5.97 Å². The fourth-order valence-electron chi connectivity index (χ4n) is 2.33. The first-order valence-electron chi connectivity index (χ1n) is 6.25. The summed E-state index contributed by atoms with van der Waals surface area (Å²) >= 11 is 6.12. The number of aromatic nitrogens is 1. The molecule has 1 aromatic heterocycles. The first kappa shape index (κ1) is 15.0. The van der Waals surface area contributed by atoms with E-state index in [1.54, 1.807) is 0 Å². The second-order valence-corrected chi connectivity index (χ2v) is 5.80. The lowest BCUT2D eigenvalue weighted by Crippen LogP contribution is -2.54. The monoisotopic (exact) mass is 300 g/mol. The number of halogens is 1. The average molecular weight is 301 g/mol. The van der Waals surface area contributed by atoms with Crippen LogP contribution in [0.3, 0.4) is 0 Å². The molecule has 1 aliphatic heterocycles. The van der Waals surface area contributed by atoms with E-state index in [-0.39, 0.29) is 23.3 Å². The van der Waals surface area contributed by atoms with Crippen molar-refractivity contribution in [2.24, 2.45) is 0 Å². The summed E-state index contributed by atoms with van der Waals surface area (Å²) in [7, 11) is 0. The largest absolute Gasteiger partial charge is 0.478 e. The van der Waals surface area contributed by atoms with E-state index in [1.807, 2.05) is 18.7 Å². The Hall–Kier alpha value is -1.37. The molecule has 2 heterocycles. The number of rotatable bonds is 3. The third-order valence-electron chi connectivity index (χ3n) is 3.05. The average Bonchev–Trinajstić information content (AvgIpc) is 2.36. The van der Waals surface area contributed by atoms with E-state index < -0.39 is 11.6 Å². The number of aliphatic hydroxyl groups excluding tert-OH is 1. The fourth-order valence-corrected chi connectivity index (χ4v) is 2.62. The normalized spacial score (nSPS) is 21.8. The molecule has 6 nitrogen and oxygen atoms in total. The van der Waals surface area contributed by atoms with Gasteiger partial charge in [-0.25, -0.2) is 9.78 Å². The van der Waals surface area contributed by atoms with Gasteiger partial charge in [-0.15, -0.1) is 0 Å². The summed E-state index contributed by atoms with van der Waals surface area (Å²) in [6.45, 7) is 4.76. The Labute approximate surface area is 121 Å². The van der Waals surface area contributed by atoms with Crippen LogP contribution in [-0.4, -0.2) is 52.6 Å². The Balaban J connectivity index is 2.28. The van der Waals surface area contributed by atoms with Crippen molar-refractivity contribution in [1.29, 1.82) is 0 Å². The molecule has 0 aromatic carbocycles. The van der Waals surface area contributed by atoms with E-state index in [1.165, 1.54) is 12.3 Å². The van der Waals surface area contributed by atoms with Crippen molar-refractivity contribution >= 4 is 23.4 Å². The van der Waals surface area contributed by atoms with E-state index in [4.69, 9.17) is 21.4 Å². The van der Waals surface area contributed by atoms with Crippen molar-refractivity contribution in [3.8, 4) is 0 Å². The number of aromatic carboxylic acids is 1. The third-order valence-corrected chi connectivity index (χ3v) is 3.33. The van der Waals surface area contributed by atoms with Crippen LogP contribution in [0.25, 0.3) is 0 Å². The van der Waals surface area contributed by atoms with E-state index in [9.17, 15) is 9.90 Å². The number of carboxylic acids is 1. The highest BCUT2D eigenvalue weighted by molar-refractivity contribution is 6.33. The lowest BCUT2D eigenvalue weighted by atomic mass is 10.1. The summed E-state index contributed by atoms with van der Waals surface area (Å²) in [6.07, 6.45) is 0.954. The Morgan fingerprint density at radius 1 is 1.65 bits per heavy atom. The molecule has 7 heteroatoms. The van der Waals surface area contributed by atoms with Gasteiger partial charge in [0.05, 0.1) is 28.9 Å². The Bertz CT molecular complexity index is 521. The van der Waals surface area contributed by atoms with Crippen molar-refractivity contribution in [2.45, 2.75) is 25.6 Å². The standard InChI is InChI=1S/C13H17ClN2O4/c1-13(2)7-16(5-9(6-17)20-13)11-10(14)3-8(4-15-11)12(18)19/h3-4,9,17H,5-7H2,1-2H3,(H,18,19). The van der Waals surface area contributed by atoms with Gasteiger partial charge in [0.25, 0.3) is 0 Å². The minimum atomic E-state index is -1.07. The van der Waals surface area contributed by atoms with E-state index in [0.717, 1.165) is 0 Å². The van der Waals surface area contributed by atoms with Crippen LogP contribution in [0, 0.1) is 0 Å². The smallest absolute Gasteiger partial charge is 0.337 e. The van der Waals surface area contributed by atoms with Gasteiger partial charge in [-0.3, -0.25) is 0 Å². The highest BCUT2D eigenvalue weighted by Crippen LogP contribution is 2.30. The quantitative estimate of drug-likeness (QED) is 0.878. The molecule has 1 fully saturated rings. The zero-order valence-corrected chi connectivity index (χ0v) is 12.1. The minimum absolute atomic E-state index is 0.0463. The number of ether oxygens (including phenoxy) is 1. The third kappa shape index (κ3) is 3.20. The van der Waals surface area contributed by atoms with Gasteiger partial charge in [0.2, 0.25) is 0 Å². The molecule has 1 atom stereocenters. The topological polar surface area (TPSA) is 82.9 Å². The van der Waals surface area contributed by atoms with Crippen LogP contribution in [0.15, 0.2) is 12.3 Å². The highest BCUT2D eigenvalue weighted by atomic mass is 35.5. The van der Waals surface area contributed by atoms with Gasteiger partial charge in [-0.1, -0.05) is 11.6 Å². The van der Waals surface area contributed by atoms with Gasteiger partial charge in [0.1, 0.15) is 5.82 Å². The summed E-state index contributed by atoms with van der Waals surface area (Å²) in [5.74, 6) is -0.562. The SMILES string of the molecule is CC1(C)CN(c2ncc(C(=O)O)cc2Cl)CC(CO)O1. The maximum absolute atomic E-state index is 10.9. The predicted molar refractivity (Wildman–Crippen MR) is 74.5 cm³/mol. The molecule has 0 spiro atoms. The number of nitrogens with zero attached hydrogens (tertiary/aromatic N) is 2. The number of pyridine rings is 1. The van der Waals surface area contributed by atoms with Crippen LogP contribution >= 0.6 is 11.6 Å². The summed E-state index contributed by atoms with van der Waals surface area (Å²) in [5.41, 5.74) is -0.396. The molecule has 20 heavy (non-hydrogen) atoms. The number of morpholine rings is 1. The molecule has 0 aliphatic carbocycles. The van der Waals surface area contributed by atoms with Gasteiger partial charge in [-0.2, -0.15) is 0 Å². The van der Waals surface area contributed by atoms with Gasteiger partial charge in [0.15, 0.2) is 0 Å². The van der Waals surface area contributed by atoms with Crippen LogP contribution in [0.4, 0.5) is 5.82 Å². The zero-order chi connectivity index (χ0) is 14.9. The zero-order valence-electron chi connectivity index (χ0n) is 11.3. The van der Waals surface area contributed by atoms with Crippen LogP contribution in [0.2, 0.25) is 5.02 Å². The maximum Gasteiger partial charge on any atom is 0.337 e. The fraction of sp³-hybridized carbons (Fsp3) is 0.538. The van der Waals surface area contributed by atoms with Gasteiger partial charge in [-0.05, 0) is 19.9 Å². The second-order valence-electron chi connectivity index (χ2n) is 5.40. The second kappa shape index (κ2) is 5.55. The van der Waals surface area contributed by atoms with Crippen molar-refractivity contribution in [2.75, 3.05) is 24.6 Å². The molecule has 1 unspecified atom stereocenters. The first-order valence-corrected chi connectivity index (χ1v) is 6.62. The van der Waals surface area contributed by atoms with Crippen LogP contribution < -0.4 is 4.90 Å². The molecule has 1 aromatic rings. The van der Waals surface area contributed by atoms with Crippen molar-refractivity contribution in [3.05, 3.63) is 22.8 Å². The van der Waals surface area contributed by atoms with Crippen molar-refractivity contribution in [3.63, 3.8) is 0 Å². The lowest BCUT2D eigenvalue weighted by molar-refractivity contribution is -0.101. The molecule has 0 amide bonds. The van der Waals surface area contributed by atoms with E-state index >= 15 is 0 Å². The Kier molecular flexibility index (Phi) is 4.17. The van der Waals surface area contributed by atoms with E-state index in [0.29, 0.717) is 18.9 Å². The molecule has 0 saturated carbocycles. The van der Waals surface area contributed by atoms with Gasteiger partial charge in [0, 0.05) is 19.3 Å².